The topological polar surface area (TPSA) is 49.3 Å². The maximum absolute atomic E-state index is 4.83. The van der Waals surface area contributed by atoms with Crippen LogP contribution in [0, 0.1) is 0 Å². The molecule has 1 saturated carbocycles. The van der Waals surface area contributed by atoms with Gasteiger partial charge in [-0.2, -0.15) is 0 Å². The molecule has 2 aliphatic carbocycles. The lowest BCUT2D eigenvalue weighted by Crippen LogP contribution is -2.42. The van der Waals surface area contributed by atoms with Crippen molar-refractivity contribution in [1.29, 1.82) is 0 Å². The number of nitrogens with one attached hydrogen (secondary N) is 2. The van der Waals surface area contributed by atoms with Gasteiger partial charge in [0, 0.05) is 30.4 Å². The third-order valence-electron chi connectivity index (χ3n) is 4.75. The molecule has 1 heterocycles. The van der Waals surface area contributed by atoms with E-state index < -0.39 is 0 Å². The zero-order chi connectivity index (χ0) is 15.9. The molecule has 4 nitrogen and oxygen atoms in total. The Morgan fingerprint density at radius 1 is 1.22 bits per heavy atom. The van der Waals surface area contributed by atoms with E-state index in [4.69, 9.17) is 9.98 Å². The number of hydrogen-bond donors (Lipinski definition) is 2. The molecule has 3 rings (SSSR count). The van der Waals surface area contributed by atoms with Crippen LogP contribution in [-0.2, 0) is 19.3 Å². The fourth-order valence-electron chi connectivity index (χ4n) is 3.52. The smallest absolute Gasteiger partial charge is 0.191 e. The van der Waals surface area contributed by atoms with Crippen LogP contribution in [0.15, 0.2) is 4.99 Å². The van der Waals surface area contributed by atoms with Crippen molar-refractivity contribution in [1.82, 2.24) is 15.6 Å². The highest BCUT2D eigenvalue weighted by Gasteiger charge is 2.16. The van der Waals surface area contributed by atoms with Crippen molar-refractivity contribution >= 4 is 17.3 Å². The van der Waals surface area contributed by atoms with Crippen LogP contribution in [0.25, 0.3) is 0 Å². The van der Waals surface area contributed by atoms with Crippen LogP contribution in [0.5, 0.6) is 0 Å². The van der Waals surface area contributed by atoms with E-state index in [2.05, 4.69) is 17.6 Å². The van der Waals surface area contributed by atoms with Crippen LogP contribution in [0.2, 0.25) is 0 Å². The molecule has 23 heavy (non-hydrogen) atoms. The van der Waals surface area contributed by atoms with E-state index in [1.54, 1.807) is 4.88 Å². The van der Waals surface area contributed by atoms with Crippen molar-refractivity contribution in [3.63, 3.8) is 0 Å². The van der Waals surface area contributed by atoms with Gasteiger partial charge < -0.3 is 10.6 Å². The first-order valence-electron chi connectivity index (χ1n) is 9.37. The number of hydrogen-bond acceptors (Lipinski definition) is 3. The SMILES string of the molecule is CCNC(=NCCCc1nc2c(s1)CCCC2)NC1CCCC1. The summed E-state index contributed by atoms with van der Waals surface area (Å²) in [5.74, 6) is 0.998. The van der Waals surface area contributed by atoms with Crippen molar-refractivity contribution in [3.8, 4) is 0 Å². The Morgan fingerprint density at radius 2 is 2.04 bits per heavy atom. The summed E-state index contributed by atoms with van der Waals surface area (Å²) in [5, 5.41) is 8.28. The second kappa shape index (κ2) is 8.67. The van der Waals surface area contributed by atoms with Crippen LogP contribution in [0.3, 0.4) is 0 Å². The number of aryl methyl sites for hydroxylation is 3. The molecule has 1 fully saturated rings. The summed E-state index contributed by atoms with van der Waals surface area (Å²) in [5.41, 5.74) is 1.39. The molecule has 128 valence electrons. The first-order valence-corrected chi connectivity index (χ1v) is 10.2. The summed E-state index contributed by atoms with van der Waals surface area (Å²) >= 11 is 1.94. The van der Waals surface area contributed by atoms with E-state index in [0.717, 1.165) is 31.9 Å². The first-order chi connectivity index (χ1) is 11.3. The van der Waals surface area contributed by atoms with Crippen molar-refractivity contribution < 1.29 is 0 Å². The van der Waals surface area contributed by atoms with E-state index in [9.17, 15) is 0 Å². The molecule has 2 N–H and O–H groups in total. The van der Waals surface area contributed by atoms with E-state index in [1.165, 1.54) is 62.1 Å². The minimum Gasteiger partial charge on any atom is -0.357 e. The number of guanidine groups is 1. The van der Waals surface area contributed by atoms with Gasteiger partial charge in [-0.3, -0.25) is 4.99 Å². The molecule has 0 atom stereocenters. The van der Waals surface area contributed by atoms with E-state index in [1.807, 2.05) is 11.3 Å². The lowest BCUT2D eigenvalue weighted by Gasteiger charge is -2.16. The molecule has 0 spiro atoms. The van der Waals surface area contributed by atoms with E-state index >= 15 is 0 Å². The highest BCUT2D eigenvalue weighted by atomic mass is 32.1. The number of thiazole rings is 1. The highest BCUT2D eigenvalue weighted by Crippen LogP contribution is 2.27. The van der Waals surface area contributed by atoms with Gasteiger partial charge in [0.1, 0.15) is 0 Å². The van der Waals surface area contributed by atoms with Gasteiger partial charge in [-0.1, -0.05) is 12.8 Å². The Bertz CT molecular complexity index is 494. The summed E-state index contributed by atoms with van der Waals surface area (Å²) in [4.78, 5) is 11.1. The van der Waals surface area contributed by atoms with Gasteiger partial charge in [0.05, 0.1) is 10.7 Å². The van der Waals surface area contributed by atoms with Gasteiger partial charge in [-0.05, 0) is 51.9 Å². The van der Waals surface area contributed by atoms with Crippen molar-refractivity contribution in [3.05, 3.63) is 15.6 Å². The molecule has 1 aromatic rings. The van der Waals surface area contributed by atoms with Gasteiger partial charge in [-0.15, -0.1) is 11.3 Å². The summed E-state index contributed by atoms with van der Waals surface area (Å²) in [6.07, 6.45) is 12.6. The standard InChI is InChI=1S/C18H30N4S/c1-2-19-18(21-14-8-3-4-9-14)20-13-7-12-17-22-15-10-5-6-11-16(15)23-17/h14H,2-13H2,1H3,(H2,19,20,21). The number of aromatic nitrogens is 1. The van der Waals surface area contributed by atoms with Gasteiger partial charge in [-0.25, -0.2) is 4.98 Å². The molecular formula is C18H30N4S. The second-order valence-corrected chi connectivity index (χ2v) is 7.84. The molecule has 0 saturated heterocycles. The van der Waals surface area contributed by atoms with Gasteiger partial charge in [0.2, 0.25) is 0 Å². The monoisotopic (exact) mass is 334 g/mol. The molecule has 0 amide bonds. The van der Waals surface area contributed by atoms with Crippen molar-refractivity contribution in [2.24, 2.45) is 4.99 Å². The van der Waals surface area contributed by atoms with Crippen LogP contribution >= 0.6 is 11.3 Å². The Kier molecular flexibility index (Phi) is 6.31. The highest BCUT2D eigenvalue weighted by molar-refractivity contribution is 7.11. The van der Waals surface area contributed by atoms with Gasteiger partial charge >= 0.3 is 0 Å². The first kappa shape index (κ1) is 16.7. The van der Waals surface area contributed by atoms with E-state index in [0.29, 0.717) is 6.04 Å². The van der Waals surface area contributed by atoms with Crippen LogP contribution in [0.1, 0.15) is 67.4 Å². The van der Waals surface area contributed by atoms with Crippen molar-refractivity contribution in [2.75, 3.05) is 13.1 Å². The van der Waals surface area contributed by atoms with Crippen LogP contribution in [0.4, 0.5) is 0 Å². The zero-order valence-corrected chi connectivity index (χ0v) is 15.2. The maximum Gasteiger partial charge on any atom is 0.191 e. The Hall–Kier alpha value is -1.10. The predicted molar refractivity (Wildman–Crippen MR) is 98.4 cm³/mol. The lowest BCUT2D eigenvalue weighted by atomic mass is 10.0. The molecule has 0 aromatic carbocycles. The Labute approximate surface area is 144 Å². The number of rotatable bonds is 6. The predicted octanol–water partition coefficient (Wildman–Crippen LogP) is 3.45. The summed E-state index contributed by atoms with van der Waals surface area (Å²) in [6, 6.07) is 0.624. The fourth-order valence-corrected chi connectivity index (χ4v) is 4.72. The molecular weight excluding hydrogens is 304 g/mol. The Balaban J connectivity index is 1.45. The number of fused-ring (bicyclic) bond motifs is 1. The van der Waals surface area contributed by atoms with E-state index in [-0.39, 0.29) is 0 Å². The lowest BCUT2D eigenvalue weighted by molar-refractivity contribution is 0.613. The average molecular weight is 335 g/mol. The second-order valence-electron chi connectivity index (χ2n) is 6.67. The maximum atomic E-state index is 4.83. The normalized spacial score (nSPS) is 18.9. The quantitative estimate of drug-likeness (QED) is 0.476. The minimum absolute atomic E-state index is 0.624. The zero-order valence-electron chi connectivity index (χ0n) is 14.4. The van der Waals surface area contributed by atoms with Crippen molar-refractivity contribution in [2.45, 2.75) is 77.2 Å². The third kappa shape index (κ3) is 4.93. The van der Waals surface area contributed by atoms with Gasteiger partial charge in [0.15, 0.2) is 5.96 Å². The van der Waals surface area contributed by atoms with Crippen LogP contribution in [-0.4, -0.2) is 30.1 Å². The summed E-state index contributed by atoms with van der Waals surface area (Å²) in [7, 11) is 0. The molecule has 2 aliphatic rings. The Morgan fingerprint density at radius 3 is 2.83 bits per heavy atom. The average Bonchev–Trinajstić information content (AvgIpc) is 3.20. The van der Waals surface area contributed by atoms with Gasteiger partial charge in [0.25, 0.3) is 0 Å². The summed E-state index contributed by atoms with van der Waals surface area (Å²) in [6.45, 7) is 3.94. The molecule has 0 bridgehead atoms. The molecule has 0 radical (unpaired) electrons. The molecule has 0 unspecified atom stereocenters. The minimum atomic E-state index is 0.624. The molecule has 5 heteroatoms. The third-order valence-corrected chi connectivity index (χ3v) is 5.97. The molecule has 1 aromatic heterocycles. The summed E-state index contributed by atoms with van der Waals surface area (Å²) < 4.78 is 0. The number of aliphatic imine (C=N–C) groups is 1. The molecule has 0 aliphatic heterocycles. The number of nitrogens with zero attached hydrogens (tertiary/aromatic N) is 2. The largest absolute Gasteiger partial charge is 0.357 e. The fraction of sp³-hybridized carbons (Fsp3) is 0.778. The van der Waals surface area contributed by atoms with Crippen LogP contribution < -0.4 is 10.6 Å².